The highest BCUT2D eigenvalue weighted by atomic mass is 35.5. The summed E-state index contributed by atoms with van der Waals surface area (Å²) in [5.41, 5.74) is 9.88. The molecule has 0 bridgehead atoms. The molecule has 0 radical (unpaired) electrons. The van der Waals surface area contributed by atoms with Crippen molar-refractivity contribution in [2.45, 2.75) is 39.7 Å². The van der Waals surface area contributed by atoms with Crippen LogP contribution in [-0.2, 0) is 6.42 Å². The van der Waals surface area contributed by atoms with Crippen LogP contribution in [0.25, 0.3) is 0 Å². The number of halogens is 1. The SMILES string of the molecule is Cc1ccc(CC(C)(C)N)c(C)c1.Cl. The molecule has 0 atom stereocenters. The van der Waals surface area contributed by atoms with Crippen LogP contribution in [0.1, 0.15) is 30.5 Å². The summed E-state index contributed by atoms with van der Waals surface area (Å²) in [5.74, 6) is 0. The van der Waals surface area contributed by atoms with Gasteiger partial charge in [0, 0.05) is 5.54 Å². The summed E-state index contributed by atoms with van der Waals surface area (Å²) in [7, 11) is 0. The minimum absolute atomic E-state index is 0. The Labute approximate surface area is 93.1 Å². The maximum atomic E-state index is 5.97. The molecule has 0 unspecified atom stereocenters. The number of benzene rings is 1. The lowest BCUT2D eigenvalue weighted by molar-refractivity contribution is 0.515. The fourth-order valence-electron chi connectivity index (χ4n) is 1.54. The molecule has 2 heteroatoms. The minimum atomic E-state index is -0.111. The summed E-state index contributed by atoms with van der Waals surface area (Å²) >= 11 is 0. The van der Waals surface area contributed by atoms with E-state index in [1.807, 2.05) is 0 Å². The molecule has 0 aromatic heterocycles. The number of hydrogen-bond donors (Lipinski definition) is 1. The summed E-state index contributed by atoms with van der Waals surface area (Å²) < 4.78 is 0. The van der Waals surface area contributed by atoms with E-state index >= 15 is 0 Å². The predicted octanol–water partition coefficient (Wildman–Crippen LogP) is 3.01. The van der Waals surface area contributed by atoms with Crippen molar-refractivity contribution in [2.24, 2.45) is 5.73 Å². The standard InChI is InChI=1S/C12H19N.ClH/c1-9-5-6-11(10(2)7-9)8-12(3,4)13;/h5-7H,8,13H2,1-4H3;1H. The molecule has 1 aromatic carbocycles. The van der Waals surface area contributed by atoms with Gasteiger partial charge in [0.25, 0.3) is 0 Å². The molecular weight excluding hydrogens is 194 g/mol. The van der Waals surface area contributed by atoms with E-state index < -0.39 is 0 Å². The van der Waals surface area contributed by atoms with Crippen LogP contribution in [0, 0.1) is 13.8 Å². The third kappa shape index (κ3) is 4.12. The van der Waals surface area contributed by atoms with Crippen LogP contribution >= 0.6 is 12.4 Å². The Balaban J connectivity index is 0.00000169. The highest BCUT2D eigenvalue weighted by molar-refractivity contribution is 5.85. The van der Waals surface area contributed by atoms with Gasteiger partial charge in [0.05, 0.1) is 0 Å². The van der Waals surface area contributed by atoms with Crippen LogP contribution in [0.2, 0.25) is 0 Å². The molecule has 1 aromatic rings. The molecule has 80 valence electrons. The average Bonchev–Trinajstić information content (AvgIpc) is 1.93. The molecule has 0 aliphatic heterocycles. The molecule has 0 heterocycles. The van der Waals surface area contributed by atoms with Crippen molar-refractivity contribution < 1.29 is 0 Å². The number of hydrogen-bond acceptors (Lipinski definition) is 1. The summed E-state index contributed by atoms with van der Waals surface area (Å²) in [6, 6.07) is 6.54. The van der Waals surface area contributed by atoms with Crippen LogP contribution < -0.4 is 5.73 Å². The largest absolute Gasteiger partial charge is 0.325 e. The highest BCUT2D eigenvalue weighted by Gasteiger charge is 2.12. The number of nitrogens with two attached hydrogens (primary N) is 1. The Bertz CT molecular complexity index is 300. The molecule has 14 heavy (non-hydrogen) atoms. The summed E-state index contributed by atoms with van der Waals surface area (Å²) in [6.45, 7) is 8.39. The van der Waals surface area contributed by atoms with Gasteiger partial charge < -0.3 is 5.73 Å². The van der Waals surface area contributed by atoms with Crippen molar-refractivity contribution in [1.29, 1.82) is 0 Å². The molecule has 0 spiro atoms. The van der Waals surface area contributed by atoms with Crippen LogP contribution in [0.5, 0.6) is 0 Å². The second-order valence-electron chi connectivity index (χ2n) is 4.60. The van der Waals surface area contributed by atoms with Crippen molar-refractivity contribution in [3.05, 3.63) is 34.9 Å². The van der Waals surface area contributed by atoms with Crippen molar-refractivity contribution >= 4 is 12.4 Å². The van der Waals surface area contributed by atoms with Crippen LogP contribution in [-0.4, -0.2) is 5.54 Å². The molecule has 0 amide bonds. The Morgan fingerprint density at radius 2 is 1.79 bits per heavy atom. The van der Waals surface area contributed by atoms with E-state index in [1.54, 1.807) is 0 Å². The van der Waals surface area contributed by atoms with Gasteiger partial charge in [-0.15, -0.1) is 12.4 Å². The maximum absolute atomic E-state index is 5.97. The first kappa shape index (κ1) is 13.5. The topological polar surface area (TPSA) is 26.0 Å². The molecule has 2 N–H and O–H groups in total. The van der Waals surface area contributed by atoms with E-state index in [-0.39, 0.29) is 17.9 Å². The van der Waals surface area contributed by atoms with Crippen LogP contribution in [0.4, 0.5) is 0 Å². The fourth-order valence-corrected chi connectivity index (χ4v) is 1.54. The lowest BCUT2D eigenvalue weighted by atomic mass is 9.93. The molecule has 1 nitrogen and oxygen atoms in total. The fraction of sp³-hybridized carbons (Fsp3) is 0.500. The zero-order valence-electron chi connectivity index (χ0n) is 9.42. The van der Waals surface area contributed by atoms with E-state index in [1.165, 1.54) is 16.7 Å². The lowest BCUT2D eigenvalue weighted by Gasteiger charge is -2.19. The van der Waals surface area contributed by atoms with Gasteiger partial charge in [0.1, 0.15) is 0 Å². The third-order valence-electron chi connectivity index (χ3n) is 2.14. The van der Waals surface area contributed by atoms with Gasteiger partial charge >= 0.3 is 0 Å². The monoisotopic (exact) mass is 213 g/mol. The van der Waals surface area contributed by atoms with Gasteiger partial charge in [-0.25, -0.2) is 0 Å². The molecule has 0 saturated heterocycles. The smallest absolute Gasteiger partial charge is 0.0138 e. The summed E-state index contributed by atoms with van der Waals surface area (Å²) in [5, 5.41) is 0. The maximum Gasteiger partial charge on any atom is 0.0138 e. The van der Waals surface area contributed by atoms with E-state index in [0.29, 0.717) is 0 Å². The first-order valence-electron chi connectivity index (χ1n) is 4.73. The molecular formula is C12H20ClN. The van der Waals surface area contributed by atoms with E-state index in [9.17, 15) is 0 Å². The van der Waals surface area contributed by atoms with Gasteiger partial charge in [-0.3, -0.25) is 0 Å². The third-order valence-corrected chi connectivity index (χ3v) is 2.14. The van der Waals surface area contributed by atoms with Crippen molar-refractivity contribution in [3.8, 4) is 0 Å². The second-order valence-corrected chi connectivity index (χ2v) is 4.60. The second kappa shape index (κ2) is 4.81. The first-order chi connectivity index (χ1) is 5.88. The molecule has 0 aliphatic carbocycles. The molecule has 1 rings (SSSR count). The zero-order chi connectivity index (χ0) is 10.1. The van der Waals surface area contributed by atoms with Gasteiger partial charge in [-0.05, 0) is 45.2 Å². The molecule has 0 aliphatic rings. The summed E-state index contributed by atoms with van der Waals surface area (Å²) in [4.78, 5) is 0. The van der Waals surface area contributed by atoms with Crippen molar-refractivity contribution in [2.75, 3.05) is 0 Å². The van der Waals surface area contributed by atoms with Gasteiger partial charge in [-0.2, -0.15) is 0 Å². The Hall–Kier alpha value is -0.530. The van der Waals surface area contributed by atoms with Gasteiger partial charge in [0.2, 0.25) is 0 Å². The van der Waals surface area contributed by atoms with Crippen molar-refractivity contribution in [1.82, 2.24) is 0 Å². The van der Waals surface area contributed by atoms with Crippen LogP contribution in [0.3, 0.4) is 0 Å². The Morgan fingerprint density at radius 3 is 2.21 bits per heavy atom. The highest BCUT2D eigenvalue weighted by Crippen LogP contribution is 2.15. The molecule has 0 saturated carbocycles. The zero-order valence-corrected chi connectivity index (χ0v) is 10.2. The van der Waals surface area contributed by atoms with Gasteiger partial charge in [0.15, 0.2) is 0 Å². The van der Waals surface area contributed by atoms with E-state index in [4.69, 9.17) is 5.73 Å². The van der Waals surface area contributed by atoms with Crippen LogP contribution in [0.15, 0.2) is 18.2 Å². The quantitative estimate of drug-likeness (QED) is 0.803. The van der Waals surface area contributed by atoms with E-state index in [0.717, 1.165) is 6.42 Å². The minimum Gasteiger partial charge on any atom is -0.325 e. The first-order valence-corrected chi connectivity index (χ1v) is 4.73. The predicted molar refractivity (Wildman–Crippen MR) is 65.1 cm³/mol. The van der Waals surface area contributed by atoms with Gasteiger partial charge in [-0.1, -0.05) is 23.8 Å². The average molecular weight is 214 g/mol. The Kier molecular flexibility index (Phi) is 4.63. The Morgan fingerprint density at radius 1 is 1.21 bits per heavy atom. The molecule has 0 fully saturated rings. The summed E-state index contributed by atoms with van der Waals surface area (Å²) in [6.07, 6.45) is 0.944. The van der Waals surface area contributed by atoms with E-state index in [2.05, 4.69) is 45.9 Å². The number of aryl methyl sites for hydroxylation is 2. The number of rotatable bonds is 2. The van der Waals surface area contributed by atoms with Crippen molar-refractivity contribution in [3.63, 3.8) is 0 Å². The normalized spacial score (nSPS) is 10.9. The lowest BCUT2D eigenvalue weighted by Crippen LogP contribution is -2.34.